The lowest BCUT2D eigenvalue weighted by Crippen LogP contribution is -2.54. The molecule has 6 nitrogen and oxygen atoms in total. The predicted molar refractivity (Wildman–Crippen MR) is 143 cm³/mol. The van der Waals surface area contributed by atoms with Gasteiger partial charge in [-0.05, 0) is 43.5 Å². The van der Waals surface area contributed by atoms with Gasteiger partial charge in [0.2, 0.25) is 0 Å². The fourth-order valence-electron chi connectivity index (χ4n) is 5.26. The maximum absolute atomic E-state index is 11.4. The van der Waals surface area contributed by atoms with Gasteiger partial charge in [0, 0.05) is 31.0 Å². The van der Waals surface area contributed by atoms with Crippen molar-refractivity contribution in [2.45, 2.75) is 122 Å². The zero-order chi connectivity index (χ0) is 25.5. The van der Waals surface area contributed by atoms with Crippen LogP contribution in [0.4, 0.5) is 5.69 Å². The average molecular weight is 489 g/mol. The second-order valence-electron chi connectivity index (χ2n) is 10.3. The van der Waals surface area contributed by atoms with Gasteiger partial charge in [-0.1, -0.05) is 77.6 Å². The van der Waals surface area contributed by atoms with Gasteiger partial charge >= 0.3 is 5.97 Å². The summed E-state index contributed by atoms with van der Waals surface area (Å²) in [5, 5.41) is 8.80. The van der Waals surface area contributed by atoms with Crippen LogP contribution in [-0.2, 0) is 9.59 Å². The molecule has 0 aliphatic carbocycles. The number of carboxylic acid groups (broad SMARTS) is 1. The summed E-state index contributed by atoms with van der Waals surface area (Å²) >= 11 is 0. The Bertz CT molecular complexity index is 765. The lowest BCUT2D eigenvalue weighted by Gasteiger charge is -2.37. The third kappa shape index (κ3) is 9.47. The molecule has 0 spiro atoms. The van der Waals surface area contributed by atoms with Crippen LogP contribution in [0.5, 0.6) is 5.75 Å². The summed E-state index contributed by atoms with van der Waals surface area (Å²) in [7, 11) is 0. The molecule has 1 aromatic carbocycles. The monoisotopic (exact) mass is 488 g/mol. The molecule has 1 aromatic rings. The number of unbranched alkanes of at least 4 members (excludes halogenated alkanes) is 11. The Labute approximate surface area is 212 Å². The Kier molecular flexibility index (Phi) is 13.2. The number of nitrogens with zero attached hydrogens (tertiary/aromatic N) is 1. The number of aliphatic carboxylic acids is 1. The Hall–Kier alpha value is -2.08. The summed E-state index contributed by atoms with van der Waals surface area (Å²) in [6, 6.07) is 5.95. The Morgan fingerprint density at radius 2 is 1.63 bits per heavy atom. The molecular weight excluding hydrogens is 440 g/mol. The Morgan fingerprint density at radius 3 is 2.20 bits per heavy atom. The molecule has 0 bridgehead atoms. The van der Waals surface area contributed by atoms with Crippen molar-refractivity contribution in [1.29, 1.82) is 0 Å². The Morgan fingerprint density at radius 1 is 1.03 bits per heavy atom. The summed E-state index contributed by atoms with van der Waals surface area (Å²) in [4.78, 5) is 24.4. The van der Waals surface area contributed by atoms with E-state index in [1.165, 1.54) is 70.6 Å². The highest BCUT2D eigenvalue weighted by Crippen LogP contribution is 2.47. The number of fused-ring (bicyclic) bond motifs is 1. The van der Waals surface area contributed by atoms with E-state index in [9.17, 15) is 9.59 Å². The van der Waals surface area contributed by atoms with Crippen molar-refractivity contribution in [3.05, 3.63) is 23.8 Å². The molecule has 0 radical (unpaired) electrons. The molecule has 6 heteroatoms. The van der Waals surface area contributed by atoms with Gasteiger partial charge in [-0.25, -0.2) is 0 Å². The molecular formula is C29H48N2O4. The van der Waals surface area contributed by atoms with Crippen molar-refractivity contribution in [1.82, 2.24) is 0 Å². The zero-order valence-electron chi connectivity index (χ0n) is 22.1. The summed E-state index contributed by atoms with van der Waals surface area (Å²) in [6.45, 7) is 5.52. The largest absolute Gasteiger partial charge is 0.494 e. The number of anilines is 1. The number of ether oxygens (including phenoxy) is 1. The van der Waals surface area contributed by atoms with Crippen molar-refractivity contribution in [2.75, 3.05) is 18.1 Å². The first-order valence-electron chi connectivity index (χ1n) is 13.9. The zero-order valence-corrected chi connectivity index (χ0v) is 22.1. The lowest BCUT2D eigenvalue weighted by atomic mass is 9.88. The minimum atomic E-state index is -0.819. The van der Waals surface area contributed by atoms with E-state index < -0.39 is 11.6 Å². The van der Waals surface area contributed by atoms with Crippen LogP contribution in [0.25, 0.3) is 0 Å². The lowest BCUT2D eigenvalue weighted by molar-refractivity contribution is -0.137. The van der Waals surface area contributed by atoms with Crippen molar-refractivity contribution in [3.63, 3.8) is 0 Å². The standard InChI is InChI=1S/C29H48N2O4/c1-3-4-5-6-7-8-9-10-11-12-13-14-20-31-27-18-17-24(35-22-15-16-28(33)34)23-25(27)26(19-21-32)29(31,2)30/h17-18,21,23,26H,3-16,19-20,22,30H2,1-2H3,(H,33,34). The topological polar surface area (TPSA) is 92.9 Å². The van der Waals surface area contributed by atoms with Gasteiger partial charge in [0.1, 0.15) is 12.0 Å². The quantitative estimate of drug-likeness (QED) is 0.155. The second kappa shape index (κ2) is 15.8. The minimum Gasteiger partial charge on any atom is -0.494 e. The number of rotatable bonds is 20. The first kappa shape index (κ1) is 29.2. The molecule has 1 heterocycles. The van der Waals surface area contributed by atoms with E-state index >= 15 is 0 Å². The number of carbonyl (C=O) groups excluding carboxylic acids is 1. The molecule has 0 fully saturated rings. The Balaban J connectivity index is 1.80. The number of nitrogens with two attached hydrogens (primary N) is 1. The summed E-state index contributed by atoms with van der Waals surface area (Å²) in [5.41, 5.74) is 8.32. The number of hydrogen-bond donors (Lipinski definition) is 2. The van der Waals surface area contributed by atoms with E-state index in [0.29, 0.717) is 25.2 Å². The highest BCUT2D eigenvalue weighted by molar-refractivity contribution is 5.68. The van der Waals surface area contributed by atoms with Crippen LogP contribution in [0.1, 0.15) is 122 Å². The van der Waals surface area contributed by atoms with Crippen LogP contribution >= 0.6 is 0 Å². The van der Waals surface area contributed by atoms with E-state index in [-0.39, 0.29) is 12.3 Å². The minimum absolute atomic E-state index is 0.0881. The molecule has 0 saturated carbocycles. The number of carboxylic acids is 1. The van der Waals surface area contributed by atoms with Crippen molar-refractivity contribution in [2.24, 2.45) is 5.73 Å². The smallest absolute Gasteiger partial charge is 0.303 e. The molecule has 2 atom stereocenters. The van der Waals surface area contributed by atoms with Crippen LogP contribution in [-0.4, -0.2) is 36.2 Å². The van der Waals surface area contributed by atoms with Gasteiger partial charge in [0.05, 0.1) is 12.3 Å². The van der Waals surface area contributed by atoms with Crippen LogP contribution in [0, 0.1) is 0 Å². The third-order valence-electron chi connectivity index (χ3n) is 7.32. The molecule has 0 saturated heterocycles. The number of carbonyl (C=O) groups is 2. The first-order chi connectivity index (χ1) is 16.9. The fourth-order valence-corrected chi connectivity index (χ4v) is 5.26. The van der Waals surface area contributed by atoms with Crippen molar-refractivity contribution in [3.8, 4) is 5.75 Å². The van der Waals surface area contributed by atoms with Gasteiger partial charge in [0.25, 0.3) is 0 Å². The van der Waals surface area contributed by atoms with Crippen LogP contribution in [0.2, 0.25) is 0 Å². The average Bonchev–Trinajstić information content (AvgIpc) is 3.03. The van der Waals surface area contributed by atoms with E-state index in [2.05, 4.69) is 11.8 Å². The highest BCUT2D eigenvalue weighted by atomic mass is 16.5. The van der Waals surface area contributed by atoms with Gasteiger partial charge in [-0.2, -0.15) is 0 Å². The van der Waals surface area contributed by atoms with Crippen LogP contribution < -0.4 is 15.4 Å². The maximum atomic E-state index is 11.4. The molecule has 3 N–H and O–H groups in total. The summed E-state index contributed by atoms with van der Waals surface area (Å²) in [5.74, 6) is -0.205. The molecule has 35 heavy (non-hydrogen) atoms. The molecule has 0 amide bonds. The fraction of sp³-hybridized carbons (Fsp3) is 0.724. The SMILES string of the molecule is CCCCCCCCCCCCCCN1c2ccc(OCCCC(=O)O)cc2C(CC=O)C1(C)N. The molecule has 0 aromatic heterocycles. The number of aldehydes is 1. The third-order valence-corrected chi connectivity index (χ3v) is 7.32. The predicted octanol–water partition coefficient (Wildman–Crippen LogP) is 6.80. The van der Waals surface area contributed by atoms with E-state index in [1.54, 1.807) is 0 Å². The summed E-state index contributed by atoms with van der Waals surface area (Å²) < 4.78 is 5.78. The van der Waals surface area contributed by atoms with Gasteiger partial charge in [0.15, 0.2) is 0 Å². The maximum Gasteiger partial charge on any atom is 0.303 e. The normalized spacial score (nSPS) is 19.1. The summed E-state index contributed by atoms with van der Waals surface area (Å²) in [6.07, 6.45) is 17.7. The second-order valence-corrected chi connectivity index (χ2v) is 10.3. The van der Waals surface area contributed by atoms with E-state index in [0.717, 1.165) is 30.5 Å². The van der Waals surface area contributed by atoms with E-state index in [4.69, 9.17) is 15.6 Å². The molecule has 2 rings (SSSR count). The number of benzene rings is 1. The highest BCUT2D eigenvalue weighted by Gasteiger charge is 2.45. The molecule has 1 aliphatic heterocycles. The van der Waals surface area contributed by atoms with Crippen molar-refractivity contribution >= 4 is 17.9 Å². The number of hydrogen-bond acceptors (Lipinski definition) is 5. The first-order valence-corrected chi connectivity index (χ1v) is 13.9. The molecule has 198 valence electrons. The molecule has 2 unspecified atom stereocenters. The van der Waals surface area contributed by atoms with Crippen molar-refractivity contribution < 1.29 is 19.4 Å². The van der Waals surface area contributed by atoms with E-state index in [1.807, 2.05) is 25.1 Å². The van der Waals surface area contributed by atoms with Gasteiger partial charge < -0.3 is 25.3 Å². The van der Waals surface area contributed by atoms with Gasteiger partial charge in [-0.3, -0.25) is 4.79 Å². The van der Waals surface area contributed by atoms with Crippen LogP contribution in [0.15, 0.2) is 18.2 Å². The van der Waals surface area contributed by atoms with Crippen LogP contribution in [0.3, 0.4) is 0 Å². The molecule has 1 aliphatic rings. The van der Waals surface area contributed by atoms with Gasteiger partial charge in [-0.15, -0.1) is 0 Å².